The van der Waals surface area contributed by atoms with Crippen molar-refractivity contribution < 1.29 is 8.42 Å². The number of halogens is 1. The Balaban J connectivity index is 2.78. The van der Waals surface area contributed by atoms with Gasteiger partial charge in [-0.1, -0.05) is 28.1 Å². The first-order chi connectivity index (χ1) is 8.36. The van der Waals surface area contributed by atoms with Gasteiger partial charge in [0.25, 0.3) is 0 Å². The molecule has 0 fully saturated rings. The van der Waals surface area contributed by atoms with E-state index in [0.717, 1.165) is 11.8 Å². The van der Waals surface area contributed by atoms with Gasteiger partial charge >= 0.3 is 10.2 Å². The molecule has 0 spiro atoms. The number of aryl methyl sites for hydroxylation is 1. The summed E-state index contributed by atoms with van der Waals surface area (Å²) in [4.78, 5) is 0. The van der Waals surface area contributed by atoms with Crippen LogP contribution in [0.1, 0.15) is 19.4 Å². The molecule has 0 unspecified atom stereocenters. The van der Waals surface area contributed by atoms with E-state index in [9.17, 15) is 8.42 Å². The Labute approximate surface area is 118 Å². The Hall–Kier alpha value is -0.590. The molecule has 0 saturated carbocycles. The molecule has 18 heavy (non-hydrogen) atoms. The maximum absolute atomic E-state index is 12.0. The molecule has 0 aliphatic rings. The second kappa shape index (κ2) is 6.54. The summed E-state index contributed by atoms with van der Waals surface area (Å²) < 4.78 is 27.8. The average molecular weight is 335 g/mol. The molecule has 1 aromatic rings. The molecule has 0 amide bonds. The zero-order valence-corrected chi connectivity index (χ0v) is 13.3. The summed E-state index contributed by atoms with van der Waals surface area (Å²) in [6, 6.07) is 7.34. The Morgan fingerprint density at radius 3 is 2.28 bits per heavy atom. The topological polar surface area (TPSA) is 49.4 Å². The summed E-state index contributed by atoms with van der Waals surface area (Å²) in [7, 11) is -1.90. The van der Waals surface area contributed by atoms with Crippen LogP contribution in [-0.2, 0) is 16.6 Å². The van der Waals surface area contributed by atoms with E-state index in [2.05, 4.69) is 20.7 Å². The number of anilines is 1. The lowest BCUT2D eigenvalue weighted by atomic mass is 10.2. The highest BCUT2D eigenvalue weighted by molar-refractivity contribution is 9.09. The quantitative estimate of drug-likeness (QED) is 0.813. The van der Waals surface area contributed by atoms with Gasteiger partial charge in [-0.3, -0.25) is 4.72 Å². The van der Waals surface area contributed by atoms with E-state index in [4.69, 9.17) is 0 Å². The smallest absolute Gasteiger partial charge is 0.271 e. The third-order valence-electron chi connectivity index (χ3n) is 2.69. The van der Waals surface area contributed by atoms with Crippen LogP contribution in [0, 0.1) is 0 Å². The predicted octanol–water partition coefficient (Wildman–Crippen LogP) is 2.62. The number of hydrogen-bond donors (Lipinski definition) is 1. The second-order valence-electron chi connectivity index (χ2n) is 4.35. The number of hydrogen-bond acceptors (Lipinski definition) is 2. The minimum Gasteiger partial charge on any atom is -0.271 e. The van der Waals surface area contributed by atoms with Gasteiger partial charge in [-0.2, -0.15) is 12.7 Å². The fourth-order valence-electron chi connectivity index (χ4n) is 1.35. The normalized spacial score (nSPS) is 12.1. The number of nitrogens with zero attached hydrogens (tertiary/aromatic N) is 1. The number of benzene rings is 1. The molecule has 1 N–H and O–H groups in total. The minimum absolute atomic E-state index is 0.0739. The number of rotatable bonds is 6. The average Bonchev–Trinajstić information content (AvgIpc) is 2.30. The molecular formula is C12H19BrN2O2S. The first-order valence-corrected chi connectivity index (χ1v) is 8.33. The van der Waals surface area contributed by atoms with E-state index in [1.165, 1.54) is 9.87 Å². The van der Waals surface area contributed by atoms with Crippen molar-refractivity contribution in [1.82, 2.24) is 4.31 Å². The lowest BCUT2D eigenvalue weighted by Gasteiger charge is -2.21. The van der Waals surface area contributed by atoms with E-state index >= 15 is 0 Å². The van der Waals surface area contributed by atoms with Gasteiger partial charge in [-0.05, 0) is 38.0 Å². The van der Waals surface area contributed by atoms with E-state index in [0.29, 0.717) is 5.69 Å². The molecule has 0 saturated heterocycles. The molecular weight excluding hydrogens is 316 g/mol. The molecule has 102 valence electrons. The largest absolute Gasteiger partial charge is 0.301 e. The third-order valence-corrected chi connectivity index (χ3v) is 4.76. The second-order valence-corrected chi connectivity index (χ2v) is 6.88. The van der Waals surface area contributed by atoms with Gasteiger partial charge in [0.2, 0.25) is 0 Å². The maximum Gasteiger partial charge on any atom is 0.301 e. The highest BCUT2D eigenvalue weighted by Crippen LogP contribution is 2.14. The lowest BCUT2D eigenvalue weighted by Crippen LogP contribution is -2.37. The van der Waals surface area contributed by atoms with E-state index in [1.807, 2.05) is 26.0 Å². The molecule has 0 heterocycles. The fraction of sp³-hybridized carbons (Fsp3) is 0.500. The fourth-order valence-corrected chi connectivity index (χ4v) is 2.94. The molecule has 0 bridgehead atoms. The molecule has 0 aliphatic heterocycles. The van der Waals surface area contributed by atoms with Crippen molar-refractivity contribution in [2.45, 2.75) is 26.3 Å². The maximum atomic E-state index is 12.0. The standard InChI is InChI=1S/C12H19BrN2O2S/c1-10(2)15(3)18(16,17)14-12-6-4-11(5-7-12)8-9-13/h4-7,10,14H,8-9H2,1-3H3. The van der Waals surface area contributed by atoms with Crippen molar-refractivity contribution in [1.29, 1.82) is 0 Å². The van der Waals surface area contributed by atoms with E-state index in [1.54, 1.807) is 19.2 Å². The van der Waals surface area contributed by atoms with Gasteiger partial charge in [-0.25, -0.2) is 0 Å². The molecule has 0 aliphatic carbocycles. The van der Waals surface area contributed by atoms with Crippen LogP contribution >= 0.6 is 15.9 Å². The Morgan fingerprint density at radius 1 is 1.28 bits per heavy atom. The summed E-state index contributed by atoms with van der Waals surface area (Å²) in [5, 5.41) is 0.897. The molecule has 0 atom stereocenters. The van der Waals surface area contributed by atoms with Gasteiger partial charge in [0.15, 0.2) is 0 Å². The summed E-state index contributed by atoms with van der Waals surface area (Å²) in [6.07, 6.45) is 0.929. The van der Waals surface area contributed by atoms with Crippen molar-refractivity contribution in [2.24, 2.45) is 0 Å². The first-order valence-electron chi connectivity index (χ1n) is 5.77. The van der Waals surface area contributed by atoms with E-state index in [-0.39, 0.29) is 6.04 Å². The summed E-state index contributed by atoms with van der Waals surface area (Å²) >= 11 is 3.37. The van der Waals surface area contributed by atoms with Crippen LogP contribution in [0.25, 0.3) is 0 Å². The van der Waals surface area contributed by atoms with Crippen LogP contribution in [0.5, 0.6) is 0 Å². The Morgan fingerprint density at radius 2 is 1.83 bits per heavy atom. The summed E-state index contributed by atoms with van der Waals surface area (Å²) in [5.41, 5.74) is 1.76. The van der Waals surface area contributed by atoms with Crippen LogP contribution in [0.2, 0.25) is 0 Å². The molecule has 0 radical (unpaired) electrons. The van der Waals surface area contributed by atoms with Crippen molar-refractivity contribution >= 4 is 31.8 Å². The molecule has 1 rings (SSSR count). The van der Waals surface area contributed by atoms with Crippen molar-refractivity contribution in [3.63, 3.8) is 0 Å². The van der Waals surface area contributed by atoms with Gasteiger partial charge in [0.05, 0.1) is 0 Å². The van der Waals surface area contributed by atoms with Gasteiger partial charge in [0, 0.05) is 24.1 Å². The zero-order valence-electron chi connectivity index (χ0n) is 10.9. The van der Waals surface area contributed by atoms with Crippen LogP contribution in [0.3, 0.4) is 0 Å². The van der Waals surface area contributed by atoms with Crippen LogP contribution in [0.15, 0.2) is 24.3 Å². The van der Waals surface area contributed by atoms with E-state index < -0.39 is 10.2 Å². The first kappa shape index (κ1) is 15.5. The number of alkyl halides is 1. The number of nitrogens with one attached hydrogen (secondary N) is 1. The summed E-state index contributed by atoms with van der Waals surface area (Å²) in [6.45, 7) is 3.66. The Kier molecular flexibility index (Phi) is 5.62. The molecule has 6 heteroatoms. The highest BCUT2D eigenvalue weighted by Gasteiger charge is 2.19. The molecule has 1 aromatic carbocycles. The van der Waals surface area contributed by atoms with Gasteiger partial charge < -0.3 is 0 Å². The van der Waals surface area contributed by atoms with Crippen molar-refractivity contribution in [3.8, 4) is 0 Å². The predicted molar refractivity (Wildman–Crippen MR) is 79.4 cm³/mol. The SMILES string of the molecule is CC(C)N(C)S(=O)(=O)Nc1ccc(CCBr)cc1. The molecule has 0 aromatic heterocycles. The minimum atomic E-state index is -3.46. The van der Waals surface area contributed by atoms with Gasteiger partial charge in [-0.15, -0.1) is 0 Å². The van der Waals surface area contributed by atoms with Crippen LogP contribution < -0.4 is 4.72 Å². The highest BCUT2D eigenvalue weighted by atomic mass is 79.9. The van der Waals surface area contributed by atoms with Crippen LogP contribution in [-0.4, -0.2) is 31.1 Å². The monoisotopic (exact) mass is 334 g/mol. The third kappa shape index (κ3) is 4.26. The summed E-state index contributed by atoms with van der Waals surface area (Å²) in [5.74, 6) is 0. The zero-order chi connectivity index (χ0) is 13.8. The van der Waals surface area contributed by atoms with Gasteiger partial charge in [0.1, 0.15) is 0 Å². The van der Waals surface area contributed by atoms with Crippen molar-refractivity contribution in [2.75, 3.05) is 17.1 Å². The lowest BCUT2D eigenvalue weighted by molar-refractivity contribution is 0.414. The molecule has 4 nitrogen and oxygen atoms in total. The Bertz CT molecular complexity index is 471. The van der Waals surface area contributed by atoms with Crippen LogP contribution in [0.4, 0.5) is 5.69 Å². The van der Waals surface area contributed by atoms with Crippen molar-refractivity contribution in [3.05, 3.63) is 29.8 Å².